The molecule has 1 aliphatic rings. The monoisotopic (exact) mass is 329 g/mol. The van der Waals surface area contributed by atoms with Gasteiger partial charge in [0.25, 0.3) is 5.91 Å². The molecular weight excluding hydrogens is 314 g/mol. The molecule has 1 saturated carbocycles. The summed E-state index contributed by atoms with van der Waals surface area (Å²) in [4.78, 5) is 14.5. The van der Waals surface area contributed by atoms with E-state index in [1.165, 1.54) is 0 Å². The van der Waals surface area contributed by atoms with Crippen molar-refractivity contribution in [2.75, 3.05) is 6.54 Å². The number of benzene rings is 1. The molecule has 1 amide bonds. The molecule has 0 saturated heterocycles. The maximum absolute atomic E-state index is 12.5. The van der Waals surface area contributed by atoms with Crippen molar-refractivity contribution in [3.05, 3.63) is 33.3 Å². The molecule has 18 heavy (non-hydrogen) atoms. The van der Waals surface area contributed by atoms with Gasteiger partial charge in [-0.3, -0.25) is 4.79 Å². The molecule has 0 spiro atoms. The zero-order valence-electron chi connectivity index (χ0n) is 10.5. The zero-order valence-corrected chi connectivity index (χ0v) is 12.8. The molecule has 0 aromatic heterocycles. The van der Waals surface area contributed by atoms with E-state index >= 15 is 0 Å². The number of halogens is 2. The van der Waals surface area contributed by atoms with Crippen LogP contribution in [0.4, 0.5) is 0 Å². The number of hydrogen-bond donors (Lipinski definition) is 0. The van der Waals surface area contributed by atoms with Crippen LogP contribution < -0.4 is 0 Å². The number of carbonyl (C=O) groups is 1. The minimum Gasteiger partial charge on any atom is -0.336 e. The molecule has 0 N–H and O–H groups in total. The Morgan fingerprint density at radius 1 is 1.50 bits per heavy atom. The Balaban J connectivity index is 2.13. The van der Waals surface area contributed by atoms with Crippen LogP contribution in [0.5, 0.6) is 0 Å². The molecular formula is C14H17BrClNO. The molecule has 2 nitrogen and oxygen atoms in total. The summed E-state index contributed by atoms with van der Waals surface area (Å²) in [6.45, 7) is 3.01. The van der Waals surface area contributed by atoms with E-state index in [2.05, 4.69) is 22.9 Å². The Labute approximate surface area is 121 Å². The largest absolute Gasteiger partial charge is 0.336 e. The van der Waals surface area contributed by atoms with Gasteiger partial charge < -0.3 is 4.90 Å². The lowest BCUT2D eigenvalue weighted by molar-refractivity contribution is 0.0740. The fraction of sp³-hybridized carbons (Fsp3) is 0.500. The first-order chi connectivity index (χ1) is 8.63. The van der Waals surface area contributed by atoms with Gasteiger partial charge in [-0.2, -0.15) is 0 Å². The lowest BCUT2D eigenvalue weighted by Crippen LogP contribution is -2.34. The van der Waals surface area contributed by atoms with Gasteiger partial charge in [0.05, 0.1) is 5.02 Å². The number of unbranched alkanes of at least 4 members (excludes halogenated alkanes) is 1. The number of rotatable bonds is 5. The second kappa shape index (κ2) is 6.07. The highest BCUT2D eigenvalue weighted by atomic mass is 79.9. The molecule has 0 heterocycles. The summed E-state index contributed by atoms with van der Waals surface area (Å²) in [6.07, 6.45) is 4.46. The van der Waals surface area contributed by atoms with Crippen LogP contribution in [-0.4, -0.2) is 23.4 Å². The summed E-state index contributed by atoms with van der Waals surface area (Å²) in [6, 6.07) is 5.84. The third kappa shape index (κ3) is 3.27. The fourth-order valence-corrected chi connectivity index (χ4v) is 2.46. The van der Waals surface area contributed by atoms with Crippen LogP contribution in [0.3, 0.4) is 0 Å². The third-order valence-electron chi connectivity index (χ3n) is 3.17. The van der Waals surface area contributed by atoms with Crippen molar-refractivity contribution >= 4 is 33.4 Å². The summed E-state index contributed by atoms with van der Waals surface area (Å²) in [5.74, 6) is 0.128. The van der Waals surface area contributed by atoms with Gasteiger partial charge in [0.1, 0.15) is 0 Å². The maximum Gasteiger partial charge on any atom is 0.254 e. The summed E-state index contributed by atoms with van der Waals surface area (Å²) in [5.41, 5.74) is 0.717. The van der Waals surface area contributed by atoms with E-state index in [0.717, 1.165) is 36.7 Å². The number of hydrogen-bond acceptors (Lipinski definition) is 1. The standard InChI is InChI=1S/C14H17BrClNO/c1-2-3-8-17(11-5-6-11)14(18)10-4-7-13(16)12(15)9-10/h4,7,9,11H,2-3,5-6,8H2,1H3. The van der Waals surface area contributed by atoms with Crippen molar-refractivity contribution in [1.82, 2.24) is 4.90 Å². The normalized spacial score (nSPS) is 14.6. The third-order valence-corrected chi connectivity index (χ3v) is 4.38. The van der Waals surface area contributed by atoms with Crippen LogP contribution in [0.2, 0.25) is 5.02 Å². The maximum atomic E-state index is 12.5. The van der Waals surface area contributed by atoms with Crippen LogP contribution in [0.15, 0.2) is 22.7 Å². The van der Waals surface area contributed by atoms with Gasteiger partial charge in [0, 0.05) is 22.6 Å². The minimum atomic E-state index is 0.128. The fourth-order valence-electron chi connectivity index (χ4n) is 1.96. The molecule has 0 unspecified atom stereocenters. The van der Waals surface area contributed by atoms with E-state index < -0.39 is 0 Å². The Morgan fingerprint density at radius 3 is 2.78 bits per heavy atom. The van der Waals surface area contributed by atoms with Gasteiger partial charge in [0.2, 0.25) is 0 Å². The molecule has 1 aromatic carbocycles. The second-order valence-electron chi connectivity index (χ2n) is 4.71. The van der Waals surface area contributed by atoms with Crippen molar-refractivity contribution in [3.8, 4) is 0 Å². The van der Waals surface area contributed by atoms with Crippen molar-refractivity contribution in [1.29, 1.82) is 0 Å². The minimum absolute atomic E-state index is 0.128. The van der Waals surface area contributed by atoms with Crippen molar-refractivity contribution in [3.63, 3.8) is 0 Å². The lowest BCUT2D eigenvalue weighted by atomic mass is 10.2. The van der Waals surface area contributed by atoms with Crippen LogP contribution in [-0.2, 0) is 0 Å². The Bertz CT molecular complexity index is 445. The average molecular weight is 331 g/mol. The van der Waals surface area contributed by atoms with E-state index in [1.54, 1.807) is 12.1 Å². The van der Waals surface area contributed by atoms with Gasteiger partial charge in [0.15, 0.2) is 0 Å². The van der Waals surface area contributed by atoms with Crippen molar-refractivity contribution in [2.24, 2.45) is 0 Å². The van der Waals surface area contributed by atoms with E-state index in [9.17, 15) is 4.79 Å². The summed E-state index contributed by atoms with van der Waals surface area (Å²) < 4.78 is 0.779. The molecule has 0 aliphatic heterocycles. The molecule has 1 fully saturated rings. The predicted octanol–water partition coefficient (Wildman–Crippen LogP) is 4.51. The van der Waals surface area contributed by atoms with Crippen molar-refractivity contribution in [2.45, 2.75) is 38.6 Å². The van der Waals surface area contributed by atoms with Crippen LogP contribution in [0.25, 0.3) is 0 Å². The number of carbonyl (C=O) groups excluding carboxylic acids is 1. The number of nitrogens with zero attached hydrogens (tertiary/aromatic N) is 1. The molecule has 0 atom stereocenters. The summed E-state index contributed by atoms with van der Waals surface area (Å²) in [5, 5.41) is 0.637. The summed E-state index contributed by atoms with van der Waals surface area (Å²) in [7, 11) is 0. The van der Waals surface area contributed by atoms with Gasteiger partial charge in [-0.1, -0.05) is 24.9 Å². The molecule has 98 valence electrons. The van der Waals surface area contributed by atoms with Gasteiger partial charge >= 0.3 is 0 Å². The summed E-state index contributed by atoms with van der Waals surface area (Å²) >= 11 is 9.32. The van der Waals surface area contributed by atoms with E-state index in [0.29, 0.717) is 16.6 Å². The number of amides is 1. The van der Waals surface area contributed by atoms with Crippen LogP contribution >= 0.6 is 27.5 Å². The van der Waals surface area contributed by atoms with Crippen LogP contribution in [0, 0.1) is 0 Å². The van der Waals surface area contributed by atoms with Gasteiger partial charge in [-0.15, -0.1) is 0 Å². The van der Waals surface area contributed by atoms with Crippen molar-refractivity contribution < 1.29 is 4.79 Å². The van der Waals surface area contributed by atoms with Gasteiger partial charge in [-0.05, 0) is 53.4 Å². The lowest BCUT2D eigenvalue weighted by Gasteiger charge is -2.22. The van der Waals surface area contributed by atoms with Gasteiger partial charge in [-0.25, -0.2) is 0 Å². The SMILES string of the molecule is CCCCN(C(=O)c1ccc(Cl)c(Br)c1)C1CC1. The molecule has 1 aliphatic carbocycles. The molecule has 4 heteroatoms. The molecule has 0 bridgehead atoms. The van der Waals surface area contributed by atoms with E-state index in [1.807, 2.05) is 11.0 Å². The second-order valence-corrected chi connectivity index (χ2v) is 5.97. The Hall–Kier alpha value is -0.540. The zero-order chi connectivity index (χ0) is 13.1. The first kappa shape index (κ1) is 13.9. The highest BCUT2D eigenvalue weighted by molar-refractivity contribution is 9.10. The average Bonchev–Trinajstić information content (AvgIpc) is 3.17. The highest BCUT2D eigenvalue weighted by Gasteiger charge is 2.32. The molecule has 1 aromatic rings. The Kier molecular flexibility index (Phi) is 4.68. The Morgan fingerprint density at radius 2 is 2.22 bits per heavy atom. The predicted molar refractivity (Wildman–Crippen MR) is 78.1 cm³/mol. The quantitative estimate of drug-likeness (QED) is 0.778. The molecule has 2 rings (SSSR count). The van der Waals surface area contributed by atoms with E-state index in [4.69, 9.17) is 11.6 Å². The first-order valence-electron chi connectivity index (χ1n) is 6.39. The topological polar surface area (TPSA) is 20.3 Å². The smallest absolute Gasteiger partial charge is 0.254 e. The first-order valence-corrected chi connectivity index (χ1v) is 7.56. The van der Waals surface area contributed by atoms with Crippen LogP contribution in [0.1, 0.15) is 43.0 Å². The molecule has 0 radical (unpaired) electrons. The van der Waals surface area contributed by atoms with E-state index in [-0.39, 0.29) is 5.91 Å². The highest BCUT2D eigenvalue weighted by Crippen LogP contribution is 2.30.